The lowest BCUT2D eigenvalue weighted by Gasteiger charge is -2.34. The molecule has 0 spiro atoms. The lowest BCUT2D eigenvalue weighted by Crippen LogP contribution is -2.34. The van der Waals surface area contributed by atoms with Crippen LogP contribution in [0.25, 0.3) is 10.8 Å². The molecule has 2 saturated heterocycles. The zero-order valence-electron chi connectivity index (χ0n) is 24.8. The minimum absolute atomic E-state index is 0.0947. The molecule has 3 fully saturated rings. The van der Waals surface area contributed by atoms with Gasteiger partial charge in [-0.25, -0.2) is 4.99 Å². The Morgan fingerprint density at radius 1 is 1.23 bits per heavy atom. The lowest BCUT2D eigenvalue weighted by molar-refractivity contribution is 0.0805. The summed E-state index contributed by atoms with van der Waals surface area (Å²) in [5.74, 6) is 1.03. The molecule has 0 aromatic heterocycles. The first-order valence-corrected chi connectivity index (χ1v) is 14.6. The van der Waals surface area contributed by atoms with E-state index in [0.29, 0.717) is 37.1 Å². The molecule has 0 radical (unpaired) electrons. The first-order chi connectivity index (χ1) is 19.0. The number of phenolic OH excluding ortho intramolecular Hbond substituents is 1. The quantitative estimate of drug-likeness (QED) is 0.439. The molecule has 1 N–H and O–H groups in total. The van der Waals surface area contributed by atoms with Gasteiger partial charge in [-0.15, -0.1) is 0 Å². The van der Waals surface area contributed by atoms with E-state index < -0.39 is 0 Å². The van der Waals surface area contributed by atoms with Crippen molar-refractivity contribution in [3.05, 3.63) is 65.2 Å². The normalized spacial score (nSPS) is 22.8. The third kappa shape index (κ3) is 6.04. The van der Waals surface area contributed by atoms with Gasteiger partial charge in [0.05, 0.1) is 24.4 Å². The maximum atomic E-state index is 14.0. The van der Waals surface area contributed by atoms with E-state index in [2.05, 4.69) is 44.3 Å². The second-order valence-electron chi connectivity index (χ2n) is 12.6. The molecule has 1 atom stereocenters. The van der Waals surface area contributed by atoms with Crippen molar-refractivity contribution >= 4 is 22.4 Å². The molecule has 1 amide bonds. The Bertz CT molecular complexity index is 1370. The van der Waals surface area contributed by atoms with E-state index in [1.54, 1.807) is 12.1 Å². The summed E-state index contributed by atoms with van der Waals surface area (Å²) in [6, 6.07) is 9.20. The first-order valence-electron chi connectivity index (χ1n) is 14.6. The second-order valence-corrected chi connectivity index (χ2v) is 12.6. The van der Waals surface area contributed by atoms with Gasteiger partial charge >= 0.3 is 0 Å². The Morgan fingerprint density at radius 3 is 2.70 bits per heavy atom. The summed E-state index contributed by atoms with van der Waals surface area (Å²) in [6.45, 7) is 15.1. The monoisotopic (exact) mass is 544 g/mol. The number of likely N-dealkylation sites (tertiary alicyclic amines) is 2. The molecule has 2 aromatic rings. The van der Waals surface area contributed by atoms with Crippen LogP contribution in [0.2, 0.25) is 0 Å². The highest BCUT2D eigenvalue weighted by Gasteiger charge is 2.44. The van der Waals surface area contributed by atoms with Gasteiger partial charge in [-0.3, -0.25) is 4.79 Å². The van der Waals surface area contributed by atoms with Crippen LogP contribution in [0.15, 0.2) is 59.1 Å². The van der Waals surface area contributed by atoms with Crippen LogP contribution in [0.4, 0.5) is 0 Å². The summed E-state index contributed by atoms with van der Waals surface area (Å²) in [5, 5.41) is 12.2. The van der Waals surface area contributed by atoms with Crippen molar-refractivity contribution in [2.24, 2.45) is 16.3 Å². The predicted molar refractivity (Wildman–Crippen MR) is 162 cm³/mol. The molecular formula is C33H44N4O3. The molecule has 2 aromatic carbocycles. The van der Waals surface area contributed by atoms with Gasteiger partial charge in [0, 0.05) is 42.9 Å². The number of nitrogens with zero attached hydrogens (tertiary/aromatic N) is 4. The molecule has 2 heterocycles. The van der Waals surface area contributed by atoms with Crippen molar-refractivity contribution in [2.75, 3.05) is 53.4 Å². The molecule has 7 heteroatoms. The number of carbonyl (C=O) groups is 1. The van der Waals surface area contributed by atoms with Crippen molar-refractivity contribution in [1.82, 2.24) is 14.7 Å². The highest BCUT2D eigenvalue weighted by molar-refractivity contribution is 6.13. The van der Waals surface area contributed by atoms with E-state index in [-0.39, 0.29) is 17.1 Å². The number of fused-ring (bicyclic) bond motifs is 1. The average Bonchev–Trinajstić information content (AvgIpc) is 3.54. The van der Waals surface area contributed by atoms with Crippen molar-refractivity contribution < 1.29 is 14.6 Å². The van der Waals surface area contributed by atoms with Crippen LogP contribution in [0.3, 0.4) is 0 Å². The number of hydrogen-bond acceptors (Lipinski definition) is 6. The maximum absolute atomic E-state index is 14.0. The molecular weight excluding hydrogens is 500 g/mol. The third-order valence-electron chi connectivity index (χ3n) is 8.71. The molecule has 214 valence electrons. The first kappa shape index (κ1) is 28.2. The zero-order chi connectivity index (χ0) is 28.6. The summed E-state index contributed by atoms with van der Waals surface area (Å²) in [6.07, 6.45) is 4.73. The highest BCUT2D eigenvalue weighted by Crippen LogP contribution is 2.46. The number of hydrogen-bond donors (Lipinski definition) is 1. The van der Waals surface area contributed by atoms with Crippen molar-refractivity contribution in [2.45, 2.75) is 46.5 Å². The molecule has 0 bridgehead atoms. The Labute approximate surface area is 238 Å². The number of phenols is 1. The van der Waals surface area contributed by atoms with Crippen LogP contribution in [-0.4, -0.2) is 84.9 Å². The molecule has 1 unspecified atom stereocenters. The highest BCUT2D eigenvalue weighted by atomic mass is 16.5. The van der Waals surface area contributed by atoms with Crippen LogP contribution in [0.1, 0.15) is 55.5 Å². The van der Waals surface area contributed by atoms with Crippen LogP contribution >= 0.6 is 0 Å². The second kappa shape index (κ2) is 11.3. The van der Waals surface area contributed by atoms with Crippen LogP contribution in [-0.2, 0) is 4.74 Å². The van der Waals surface area contributed by atoms with Crippen molar-refractivity contribution in [1.29, 1.82) is 0 Å². The number of piperidine rings is 1. The number of allylic oxidation sites excluding steroid dienone is 1. The fraction of sp³-hybridized carbons (Fsp3) is 0.515. The fourth-order valence-electron chi connectivity index (χ4n) is 6.42. The smallest absolute Gasteiger partial charge is 0.255 e. The van der Waals surface area contributed by atoms with E-state index in [1.165, 1.54) is 18.5 Å². The van der Waals surface area contributed by atoms with Gasteiger partial charge in [0.1, 0.15) is 5.75 Å². The van der Waals surface area contributed by atoms with Gasteiger partial charge in [-0.05, 0) is 94.6 Å². The van der Waals surface area contributed by atoms with E-state index in [9.17, 15) is 9.90 Å². The lowest BCUT2D eigenvalue weighted by atomic mass is 9.98. The number of aliphatic imine (C=N–C) groups is 1. The van der Waals surface area contributed by atoms with Gasteiger partial charge in [0.25, 0.3) is 5.91 Å². The molecule has 5 rings (SSSR count). The van der Waals surface area contributed by atoms with Gasteiger partial charge in [-0.1, -0.05) is 25.1 Å². The molecule has 2 aliphatic heterocycles. The molecule has 1 aliphatic carbocycles. The van der Waals surface area contributed by atoms with Gasteiger partial charge in [-0.2, -0.15) is 0 Å². The van der Waals surface area contributed by atoms with Gasteiger partial charge in [0.2, 0.25) is 5.88 Å². The average molecular weight is 545 g/mol. The summed E-state index contributed by atoms with van der Waals surface area (Å²) < 4.78 is 6.11. The van der Waals surface area contributed by atoms with E-state index in [0.717, 1.165) is 60.1 Å². The van der Waals surface area contributed by atoms with Crippen LogP contribution in [0.5, 0.6) is 5.75 Å². The molecule has 3 aliphatic rings. The zero-order valence-corrected chi connectivity index (χ0v) is 24.8. The Morgan fingerprint density at radius 2 is 2.00 bits per heavy atom. The van der Waals surface area contributed by atoms with Crippen LogP contribution in [0, 0.1) is 18.3 Å². The minimum atomic E-state index is -0.104. The SMILES string of the molecule is C=C(/N=C1/CN(C(=O)c2cc(O)cc3cccc(C)c23)C/C1=C(/C)N1CCCC(C)C1)OCC1(CN(C)C)CC1. The minimum Gasteiger partial charge on any atom is -0.508 e. The summed E-state index contributed by atoms with van der Waals surface area (Å²) in [4.78, 5) is 25.4. The number of rotatable bonds is 8. The van der Waals surface area contributed by atoms with E-state index >= 15 is 0 Å². The Balaban J connectivity index is 1.44. The number of aromatic hydroxyl groups is 1. The van der Waals surface area contributed by atoms with Crippen molar-refractivity contribution in [3.63, 3.8) is 0 Å². The number of ether oxygens (including phenoxy) is 1. The van der Waals surface area contributed by atoms with Gasteiger partial charge < -0.3 is 24.5 Å². The summed E-state index contributed by atoms with van der Waals surface area (Å²) in [7, 11) is 4.19. The summed E-state index contributed by atoms with van der Waals surface area (Å²) in [5.41, 5.74) is 4.81. The maximum Gasteiger partial charge on any atom is 0.255 e. The van der Waals surface area contributed by atoms with E-state index in [1.807, 2.05) is 30.0 Å². The number of carbonyl (C=O) groups excluding carboxylic acids is 1. The summed E-state index contributed by atoms with van der Waals surface area (Å²) >= 11 is 0. The number of aryl methyl sites for hydroxylation is 1. The predicted octanol–water partition coefficient (Wildman–Crippen LogP) is 5.59. The standard InChI is InChI=1S/C33H44N4O3/c1-22-9-8-14-36(17-22)24(3)29-18-37(19-30(29)34-25(4)40-21-33(12-13-33)20-35(5)6)32(39)28-16-27(38)15-26-11-7-10-23(2)31(26)28/h7,10-11,15-16,22,38H,4,8-9,12-14,17-21H2,1-3,5-6H3/b29-24+,34-30-. The van der Waals surface area contributed by atoms with E-state index in [4.69, 9.17) is 9.73 Å². The molecule has 40 heavy (non-hydrogen) atoms. The number of amides is 1. The fourth-order valence-corrected chi connectivity index (χ4v) is 6.42. The number of benzene rings is 2. The van der Waals surface area contributed by atoms with Crippen LogP contribution < -0.4 is 0 Å². The Hall–Kier alpha value is -3.32. The third-order valence-corrected chi connectivity index (χ3v) is 8.71. The molecule has 7 nitrogen and oxygen atoms in total. The van der Waals surface area contributed by atoms with Crippen molar-refractivity contribution in [3.8, 4) is 5.75 Å². The molecule has 1 saturated carbocycles. The topological polar surface area (TPSA) is 68.6 Å². The van der Waals surface area contributed by atoms with Gasteiger partial charge in [0.15, 0.2) is 0 Å². The largest absolute Gasteiger partial charge is 0.508 e. The Kier molecular flexibility index (Phi) is 7.96.